The Bertz CT molecular complexity index is 561. The summed E-state index contributed by atoms with van der Waals surface area (Å²) in [4.78, 5) is 1.32. The van der Waals surface area contributed by atoms with E-state index in [0.29, 0.717) is 11.3 Å². The van der Waals surface area contributed by atoms with Crippen LogP contribution < -0.4 is 4.90 Å². The second-order valence-corrected chi connectivity index (χ2v) is 4.34. The zero-order chi connectivity index (χ0) is 14.0. The first-order chi connectivity index (χ1) is 9.02. The molecule has 0 saturated heterocycles. The summed E-state index contributed by atoms with van der Waals surface area (Å²) in [5.74, 6) is -1.78. The van der Waals surface area contributed by atoms with Crippen LogP contribution in [0.3, 0.4) is 0 Å². The maximum absolute atomic E-state index is 13.9. The van der Waals surface area contributed by atoms with E-state index in [1.54, 1.807) is 0 Å². The van der Waals surface area contributed by atoms with E-state index in [1.165, 1.54) is 48.3 Å². The lowest BCUT2D eigenvalue weighted by atomic mass is 10.1. The van der Waals surface area contributed by atoms with E-state index in [9.17, 15) is 13.2 Å². The summed E-state index contributed by atoms with van der Waals surface area (Å²) in [5, 5.41) is 0. The van der Waals surface area contributed by atoms with Crippen molar-refractivity contribution in [2.75, 3.05) is 11.9 Å². The number of alkyl halides is 1. The highest BCUT2D eigenvalue weighted by molar-refractivity contribution is 6.17. The van der Waals surface area contributed by atoms with Crippen LogP contribution in [0, 0.1) is 17.5 Å². The molecule has 0 aliphatic heterocycles. The number of rotatable bonds is 3. The van der Waals surface area contributed by atoms with E-state index in [-0.39, 0.29) is 11.6 Å². The lowest BCUT2D eigenvalue weighted by molar-refractivity contribution is 0.581. The molecule has 0 saturated carbocycles. The van der Waals surface area contributed by atoms with Crippen LogP contribution in [-0.4, -0.2) is 7.05 Å². The van der Waals surface area contributed by atoms with Crippen molar-refractivity contribution < 1.29 is 13.2 Å². The molecule has 0 fully saturated rings. The Morgan fingerprint density at radius 2 is 1.53 bits per heavy atom. The predicted octanol–water partition coefficient (Wildman–Crippen LogP) is 4.61. The van der Waals surface area contributed by atoms with Crippen molar-refractivity contribution in [1.29, 1.82) is 0 Å². The topological polar surface area (TPSA) is 3.24 Å². The smallest absolute Gasteiger partial charge is 0.150 e. The molecule has 0 aliphatic rings. The molecule has 1 nitrogen and oxygen atoms in total. The molecule has 0 heterocycles. The van der Waals surface area contributed by atoms with Crippen molar-refractivity contribution in [2.45, 2.75) is 5.88 Å². The van der Waals surface area contributed by atoms with Crippen LogP contribution in [0.4, 0.5) is 24.5 Å². The van der Waals surface area contributed by atoms with Crippen molar-refractivity contribution in [3.8, 4) is 0 Å². The lowest BCUT2D eigenvalue weighted by Crippen LogP contribution is -2.13. The van der Waals surface area contributed by atoms with Gasteiger partial charge in [0.2, 0.25) is 0 Å². The fraction of sp³-hybridized carbons (Fsp3) is 0.143. The van der Waals surface area contributed by atoms with Gasteiger partial charge in [0.1, 0.15) is 23.1 Å². The first-order valence-corrected chi connectivity index (χ1v) is 6.09. The molecule has 19 heavy (non-hydrogen) atoms. The number of hydrogen-bond donors (Lipinski definition) is 0. The van der Waals surface area contributed by atoms with Crippen LogP contribution in [0.25, 0.3) is 0 Å². The highest BCUT2D eigenvalue weighted by Crippen LogP contribution is 2.30. The Morgan fingerprint density at radius 1 is 1.00 bits per heavy atom. The van der Waals surface area contributed by atoms with Gasteiger partial charge in [0, 0.05) is 18.6 Å². The van der Waals surface area contributed by atoms with Crippen molar-refractivity contribution in [1.82, 2.24) is 0 Å². The highest BCUT2D eigenvalue weighted by Gasteiger charge is 2.16. The highest BCUT2D eigenvalue weighted by atomic mass is 35.5. The van der Waals surface area contributed by atoms with E-state index >= 15 is 0 Å². The Morgan fingerprint density at radius 3 is 2.00 bits per heavy atom. The van der Waals surface area contributed by atoms with Gasteiger partial charge in [-0.3, -0.25) is 0 Å². The van der Waals surface area contributed by atoms with Crippen molar-refractivity contribution >= 4 is 23.0 Å². The molecular weight excluding hydrogens is 275 g/mol. The van der Waals surface area contributed by atoms with E-state index in [0.717, 1.165) is 0 Å². The van der Waals surface area contributed by atoms with Crippen molar-refractivity contribution in [3.63, 3.8) is 0 Å². The fourth-order valence-electron chi connectivity index (χ4n) is 1.81. The van der Waals surface area contributed by atoms with Gasteiger partial charge < -0.3 is 4.90 Å². The van der Waals surface area contributed by atoms with Gasteiger partial charge in [-0.25, -0.2) is 13.2 Å². The third kappa shape index (κ3) is 2.84. The molecule has 2 aromatic carbocycles. The second-order valence-electron chi connectivity index (χ2n) is 4.08. The molecule has 0 unspecified atom stereocenters. The molecule has 5 heteroatoms. The molecule has 0 bridgehead atoms. The maximum Gasteiger partial charge on any atom is 0.150 e. The predicted molar refractivity (Wildman–Crippen MR) is 70.4 cm³/mol. The van der Waals surface area contributed by atoms with Crippen LogP contribution in [0.15, 0.2) is 36.4 Å². The molecule has 0 aromatic heterocycles. The summed E-state index contributed by atoms with van der Waals surface area (Å²) < 4.78 is 40.6. The van der Waals surface area contributed by atoms with Crippen LogP contribution in [-0.2, 0) is 5.88 Å². The van der Waals surface area contributed by atoms with Crippen LogP contribution >= 0.6 is 11.6 Å². The van der Waals surface area contributed by atoms with Crippen LogP contribution in [0.5, 0.6) is 0 Å². The maximum atomic E-state index is 13.9. The van der Waals surface area contributed by atoms with Gasteiger partial charge in [-0.15, -0.1) is 11.6 Å². The second kappa shape index (κ2) is 5.53. The number of nitrogens with zero attached hydrogens (tertiary/aromatic N) is 1. The summed E-state index contributed by atoms with van der Waals surface area (Å²) >= 11 is 5.55. The SMILES string of the molecule is CN(c1ccc(F)cc1)c1c(F)cc(CCl)cc1F. The summed E-state index contributed by atoms with van der Waals surface area (Å²) in [6, 6.07) is 7.73. The Labute approximate surface area is 114 Å². The molecule has 0 atom stereocenters. The molecule has 0 radical (unpaired) electrons. The van der Waals surface area contributed by atoms with Gasteiger partial charge in [0.25, 0.3) is 0 Å². The number of hydrogen-bond acceptors (Lipinski definition) is 1. The summed E-state index contributed by atoms with van der Waals surface area (Å²) in [7, 11) is 1.51. The minimum atomic E-state index is -0.706. The third-order valence-electron chi connectivity index (χ3n) is 2.78. The van der Waals surface area contributed by atoms with Crippen molar-refractivity contribution in [3.05, 3.63) is 59.4 Å². The zero-order valence-corrected chi connectivity index (χ0v) is 10.9. The molecule has 100 valence electrons. The van der Waals surface area contributed by atoms with Gasteiger partial charge in [0.05, 0.1) is 0 Å². The minimum Gasteiger partial charge on any atom is -0.340 e. The Hall–Kier alpha value is -1.68. The fourth-order valence-corrected chi connectivity index (χ4v) is 1.96. The Balaban J connectivity index is 2.44. The number of benzene rings is 2. The standard InChI is InChI=1S/C14H11ClF3N/c1-19(11-4-2-10(16)3-5-11)14-12(17)6-9(8-15)7-13(14)18/h2-7H,8H2,1H3. The first-order valence-electron chi connectivity index (χ1n) is 5.56. The molecule has 0 aliphatic carbocycles. The largest absolute Gasteiger partial charge is 0.340 e. The van der Waals surface area contributed by atoms with E-state index in [4.69, 9.17) is 11.6 Å². The molecule has 0 N–H and O–H groups in total. The molecule has 2 rings (SSSR count). The Kier molecular flexibility index (Phi) is 4.00. The molecule has 0 amide bonds. The summed E-state index contributed by atoms with van der Waals surface area (Å²) in [6.45, 7) is 0. The summed E-state index contributed by atoms with van der Waals surface area (Å²) in [6.07, 6.45) is 0. The zero-order valence-electron chi connectivity index (χ0n) is 10.1. The van der Waals surface area contributed by atoms with Crippen LogP contribution in [0.1, 0.15) is 5.56 Å². The normalized spacial score (nSPS) is 10.6. The monoisotopic (exact) mass is 285 g/mol. The average molecular weight is 286 g/mol. The van der Waals surface area contributed by atoms with Crippen LogP contribution in [0.2, 0.25) is 0 Å². The lowest BCUT2D eigenvalue weighted by Gasteiger charge is -2.21. The van der Waals surface area contributed by atoms with Gasteiger partial charge in [0.15, 0.2) is 0 Å². The quantitative estimate of drug-likeness (QED) is 0.744. The number of halogens is 4. The van der Waals surface area contributed by atoms with Gasteiger partial charge in [-0.05, 0) is 42.0 Å². The number of anilines is 2. The van der Waals surface area contributed by atoms with Gasteiger partial charge >= 0.3 is 0 Å². The van der Waals surface area contributed by atoms with E-state index in [2.05, 4.69) is 0 Å². The minimum absolute atomic E-state index is 0.0361. The van der Waals surface area contributed by atoms with E-state index in [1.807, 2.05) is 0 Å². The molecule has 0 spiro atoms. The molecular formula is C14H11ClF3N. The van der Waals surface area contributed by atoms with Crippen molar-refractivity contribution in [2.24, 2.45) is 0 Å². The summed E-state index contributed by atoms with van der Waals surface area (Å²) in [5.41, 5.74) is 0.659. The molecule has 2 aromatic rings. The van der Waals surface area contributed by atoms with E-state index < -0.39 is 17.5 Å². The third-order valence-corrected chi connectivity index (χ3v) is 3.09. The van der Waals surface area contributed by atoms with Gasteiger partial charge in [-0.2, -0.15) is 0 Å². The average Bonchev–Trinajstić information content (AvgIpc) is 2.38. The first kappa shape index (κ1) is 13.7. The van der Waals surface area contributed by atoms with Gasteiger partial charge in [-0.1, -0.05) is 0 Å².